The minimum atomic E-state index is -3.98. The number of aryl methyl sites for hydroxylation is 3. The average molecular weight is 489 g/mol. The second kappa shape index (κ2) is 11.5. The predicted molar refractivity (Wildman–Crippen MR) is 136 cm³/mol. The minimum Gasteiger partial charge on any atom is -0.355 e. The summed E-state index contributed by atoms with van der Waals surface area (Å²) in [5, 5.41) is 2.76. The third kappa shape index (κ3) is 6.36. The topological polar surface area (TPSA) is 90.0 Å². The molecule has 1 N–H and O–H groups in total. The quantitative estimate of drug-likeness (QED) is 0.557. The summed E-state index contributed by atoms with van der Waals surface area (Å²) in [6.45, 7) is 9.26. The molecule has 0 saturated heterocycles. The lowest BCUT2D eigenvalue weighted by Crippen LogP contribution is -2.52. The van der Waals surface area contributed by atoms with Crippen LogP contribution < -0.4 is 9.62 Å². The van der Waals surface area contributed by atoms with E-state index in [4.69, 9.17) is 0 Å². The summed E-state index contributed by atoms with van der Waals surface area (Å²) >= 11 is 0. The first-order valence-corrected chi connectivity index (χ1v) is 12.7. The van der Waals surface area contributed by atoms with E-state index in [1.807, 2.05) is 57.2 Å². The lowest BCUT2D eigenvalue weighted by molar-refractivity contribution is -0.139. The highest BCUT2D eigenvalue weighted by molar-refractivity contribution is 7.90. The zero-order valence-electron chi connectivity index (χ0n) is 21.1. The Hall–Kier alpha value is -2.91. The second-order valence-electron chi connectivity index (χ2n) is 8.61. The Kier molecular flexibility index (Phi) is 9.23. The smallest absolute Gasteiger partial charge is 0.304 e. The minimum absolute atomic E-state index is 0.187. The maximum absolute atomic E-state index is 13.7. The van der Waals surface area contributed by atoms with Crippen LogP contribution in [0.25, 0.3) is 0 Å². The molecule has 2 amide bonds. The first-order chi connectivity index (χ1) is 15.9. The van der Waals surface area contributed by atoms with Crippen LogP contribution in [0.4, 0.5) is 5.69 Å². The number of hydrogen-bond donors (Lipinski definition) is 1. The normalized spacial score (nSPS) is 12.4. The van der Waals surface area contributed by atoms with Gasteiger partial charge in [0.15, 0.2) is 0 Å². The number of benzene rings is 2. The van der Waals surface area contributed by atoms with Crippen LogP contribution in [0.1, 0.15) is 36.1 Å². The number of carbonyl (C=O) groups excluding carboxylic acids is 2. The van der Waals surface area contributed by atoms with Crippen molar-refractivity contribution in [3.8, 4) is 0 Å². The first-order valence-electron chi connectivity index (χ1n) is 11.3. The Balaban J connectivity index is 2.52. The molecule has 1 atom stereocenters. The highest BCUT2D eigenvalue weighted by atomic mass is 32.2. The molecule has 1 unspecified atom stereocenters. The van der Waals surface area contributed by atoms with E-state index < -0.39 is 28.7 Å². The van der Waals surface area contributed by atoms with Gasteiger partial charge in [0.2, 0.25) is 11.8 Å². The van der Waals surface area contributed by atoms with E-state index in [0.29, 0.717) is 12.2 Å². The van der Waals surface area contributed by atoms with Gasteiger partial charge in [-0.3, -0.25) is 9.59 Å². The molecule has 0 radical (unpaired) electrons. The Morgan fingerprint density at radius 3 is 2.24 bits per heavy atom. The molecule has 0 spiro atoms. The zero-order valence-corrected chi connectivity index (χ0v) is 21.9. The van der Waals surface area contributed by atoms with Crippen LogP contribution in [-0.4, -0.2) is 62.7 Å². The van der Waals surface area contributed by atoms with Crippen molar-refractivity contribution in [1.29, 1.82) is 0 Å². The van der Waals surface area contributed by atoms with Crippen molar-refractivity contribution in [3.05, 3.63) is 64.7 Å². The van der Waals surface area contributed by atoms with Gasteiger partial charge in [-0.05, 0) is 62.9 Å². The largest absolute Gasteiger partial charge is 0.355 e. The number of nitrogens with zero attached hydrogens (tertiary/aromatic N) is 3. The van der Waals surface area contributed by atoms with E-state index >= 15 is 0 Å². The number of likely N-dealkylation sites (N-methyl/N-ethyl adjacent to an activating group) is 1. The highest BCUT2D eigenvalue weighted by Gasteiger charge is 2.33. The Labute approximate surface area is 203 Å². The van der Waals surface area contributed by atoms with Crippen molar-refractivity contribution >= 4 is 27.7 Å². The van der Waals surface area contributed by atoms with Crippen molar-refractivity contribution in [1.82, 2.24) is 14.5 Å². The Morgan fingerprint density at radius 1 is 1.00 bits per heavy atom. The SMILES string of the molecule is CCNC(=O)C(C)N(Cc1ccccc1C)C(=O)CN(c1cc(C)ccc1C)S(=O)(=O)N(C)C. The number of carbonyl (C=O) groups is 2. The van der Waals surface area contributed by atoms with E-state index in [9.17, 15) is 18.0 Å². The van der Waals surface area contributed by atoms with Crippen LogP contribution >= 0.6 is 0 Å². The molecule has 2 aromatic rings. The second-order valence-corrected chi connectivity index (χ2v) is 10.7. The number of rotatable bonds is 10. The Morgan fingerprint density at radius 2 is 1.65 bits per heavy atom. The van der Waals surface area contributed by atoms with Crippen LogP contribution in [0.3, 0.4) is 0 Å². The zero-order chi connectivity index (χ0) is 25.6. The number of anilines is 1. The monoisotopic (exact) mass is 488 g/mol. The third-order valence-electron chi connectivity index (χ3n) is 5.77. The van der Waals surface area contributed by atoms with Crippen molar-refractivity contribution < 1.29 is 18.0 Å². The van der Waals surface area contributed by atoms with Gasteiger partial charge in [0.25, 0.3) is 0 Å². The molecule has 0 aliphatic heterocycles. The van der Waals surface area contributed by atoms with Gasteiger partial charge in [-0.15, -0.1) is 0 Å². The predicted octanol–water partition coefficient (Wildman–Crippen LogP) is 2.78. The maximum Gasteiger partial charge on any atom is 0.304 e. The summed E-state index contributed by atoms with van der Waals surface area (Å²) in [6, 6.07) is 12.3. The molecule has 2 aromatic carbocycles. The van der Waals surface area contributed by atoms with Crippen molar-refractivity contribution in [2.45, 2.75) is 47.2 Å². The van der Waals surface area contributed by atoms with Crippen molar-refractivity contribution in [2.75, 3.05) is 31.5 Å². The molecular formula is C25H36N4O4S. The van der Waals surface area contributed by atoms with E-state index in [0.717, 1.165) is 30.9 Å². The maximum atomic E-state index is 13.7. The van der Waals surface area contributed by atoms with Crippen molar-refractivity contribution in [2.24, 2.45) is 0 Å². The number of nitrogens with one attached hydrogen (secondary N) is 1. The fourth-order valence-electron chi connectivity index (χ4n) is 3.57. The summed E-state index contributed by atoms with van der Waals surface area (Å²) in [6.07, 6.45) is 0. The molecule has 0 aliphatic rings. The molecule has 34 heavy (non-hydrogen) atoms. The fraction of sp³-hybridized carbons (Fsp3) is 0.440. The third-order valence-corrected chi connectivity index (χ3v) is 7.58. The lowest BCUT2D eigenvalue weighted by Gasteiger charge is -2.33. The molecule has 0 heterocycles. The van der Waals surface area contributed by atoms with Gasteiger partial charge >= 0.3 is 10.2 Å². The van der Waals surface area contributed by atoms with Gasteiger partial charge in [0.1, 0.15) is 12.6 Å². The van der Waals surface area contributed by atoms with E-state index in [1.165, 1.54) is 19.0 Å². The summed E-state index contributed by atoms with van der Waals surface area (Å²) in [5.41, 5.74) is 3.91. The molecule has 0 aromatic heterocycles. The molecule has 186 valence electrons. The van der Waals surface area contributed by atoms with E-state index in [2.05, 4.69) is 5.32 Å². The van der Waals surface area contributed by atoms with E-state index in [1.54, 1.807) is 19.9 Å². The van der Waals surface area contributed by atoms with Crippen LogP contribution in [0.5, 0.6) is 0 Å². The Bertz CT molecular complexity index is 1130. The van der Waals surface area contributed by atoms with Crippen LogP contribution in [-0.2, 0) is 26.3 Å². The summed E-state index contributed by atoms with van der Waals surface area (Å²) in [4.78, 5) is 27.8. The standard InChI is InChI=1S/C25H36N4O4S/c1-8-26-25(31)21(5)28(16-22-12-10-9-11-19(22)3)24(30)17-29(34(32,33)27(6)7)23-15-18(2)13-14-20(23)4/h9-15,21H,8,16-17H2,1-7H3,(H,26,31). The molecular weight excluding hydrogens is 452 g/mol. The van der Waals surface area contributed by atoms with Crippen LogP contribution in [0.2, 0.25) is 0 Å². The van der Waals surface area contributed by atoms with E-state index in [-0.39, 0.29) is 12.5 Å². The van der Waals surface area contributed by atoms with Gasteiger partial charge in [-0.2, -0.15) is 12.7 Å². The van der Waals surface area contributed by atoms with Gasteiger partial charge in [-0.25, -0.2) is 4.31 Å². The van der Waals surface area contributed by atoms with Gasteiger partial charge in [0.05, 0.1) is 5.69 Å². The van der Waals surface area contributed by atoms with Gasteiger partial charge < -0.3 is 10.2 Å². The molecule has 0 bridgehead atoms. The van der Waals surface area contributed by atoms with Gasteiger partial charge in [0, 0.05) is 27.2 Å². The summed E-state index contributed by atoms with van der Waals surface area (Å²) in [7, 11) is -1.12. The molecule has 8 nitrogen and oxygen atoms in total. The molecule has 0 fully saturated rings. The van der Waals surface area contributed by atoms with Gasteiger partial charge in [-0.1, -0.05) is 36.4 Å². The fourth-order valence-corrected chi connectivity index (χ4v) is 4.68. The first kappa shape index (κ1) is 27.3. The molecule has 2 rings (SSSR count). The van der Waals surface area contributed by atoms with Crippen LogP contribution in [0.15, 0.2) is 42.5 Å². The lowest BCUT2D eigenvalue weighted by atomic mass is 10.1. The molecule has 9 heteroatoms. The highest BCUT2D eigenvalue weighted by Crippen LogP contribution is 2.26. The molecule has 0 aliphatic carbocycles. The summed E-state index contributed by atoms with van der Waals surface area (Å²) in [5.74, 6) is -0.758. The van der Waals surface area contributed by atoms with Crippen molar-refractivity contribution in [3.63, 3.8) is 0 Å². The molecule has 0 saturated carbocycles. The van der Waals surface area contributed by atoms with Crippen LogP contribution in [0, 0.1) is 20.8 Å². The number of amides is 2. The number of hydrogen-bond acceptors (Lipinski definition) is 4. The summed E-state index contributed by atoms with van der Waals surface area (Å²) < 4.78 is 28.7. The average Bonchev–Trinajstić information content (AvgIpc) is 2.78.